The Bertz CT molecular complexity index is 684. The number of hydrogen-bond donors (Lipinski definition) is 2. The second-order valence-corrected chi connectivity index (χ2v) is 5.26. The molecule has 0 saturated carbocycles. The van der Waals surface area contributed by atoms with Crippen LogP contribution in [0, 0.1) is 6.92 Å². The molecular weight excluding hydrogens is 292 g/mol. The molecule has 110 valence electrons. The van der Waals surface area contributed by atoms with E-state index in [4.69, 9.17) is 5.11 Å². The van der Waals surface area contributed by atoms with Crippen LogP contribution in [0.15, 0.2) is 11.4 Å². The first-order valence-corrected chi connectivity index (χ1v) is 7.18. The summed E-state index contributed by atoms with van der Waals surface area (Å²) in [4.78, 5) is 26.8. The minimum absolute atomic E-state index is 0.0140. The molecule has 0 aliphatic carbocycles. The van der Waals surface area contributed by atoms with Crippen LogP contribution in [0.1, 0.15) is 44.2 Å². The van der Waals surface area contributed by atoms with Gasteiger partial charge in [0.15, 0.2) is 5.69 Å². The molecule has 8 heteroatoms. The Morgan fingerprint density at radius 3 is 2.76 bits per heavy atom. The lowest BCUT2D eigenvalue weighted by molar-refractivity contribution is 0.0691. The Hall–Kier alpha value is -2.35. The first-order valence-electron chi connectivity index (χ1n) is 6.30. The fourth-order valence-corrected chi connectivity index (χ4v) is 2.42. The van der Waals surface area contributed by atoms with E-state index in [1.54, 1.807) is 13.0 Å². The standard InChI is InChI=1S/C13H14N4O3S/c1-3-9-8(4-7(2)16-17-9)12(18)14-5-11-15-10(6-21-11)13(19)20/h4,6H,3,5H2,1-2H3,(H,14,18)(H,19,20). The third-order valence-electron chi connectivity index (χ3n) is 2.74. The van der Waals surface area contributed by atoms with Crippen LogP contribution in [0.4, 0.5) is 0 Å². The lowest BCUT2D eigenvalue weighted by atomic mass is 10.1. The van der Waals surface area contributed by atoms with Gasteiger partial charge in [-0.05, 0) is 19.4 Å². The summed E-state index contributed by atoms with van der Waals surface area (Å²) in [6.45, 7) is 3.85. The zero-order chi connectivity index (χ0) is 15.4. The topological polar surface area (TPSA) is 105 Å². The summed E-state index contributed by atoms with van der Waals surface area (Å²) >= 11 is 1.19. The van der Waals surface area contributed by atoms with Crippen LogP contribution in [0.25, 0.3) is 0 Å². The van der Waals surface area contributed by atoms with E-state index in [0.717, 1.165) is 0 Å². The molecule has 2 N–H and O–H groups in total. The van der Waals surface area contributed by atoms with Crippen molar-refractivity contribution in [3.05, 3.63) is 39.1 Å². The Balaban J connectivity index is 2.07. The largest absolute Gasteiger partial charge is 0.476 e. The van der Waals surface area contributed by atoms with Crippen molar-refractivity contribution in [3.8, 4) is 0 Å². The van der Waals surface area contributed by atoms with Crippen molar-refractivity contribution in [3.63, 3.8) is 0 Å². The third kappa shape index (κ3) is 3.60. The molecule has 0 aliphatic heterocycles. The summed E-state index contributed by atoms with van der Waals surface area (Å²) in [7, 11) is 0. The number of aryl methyl sites for hydroxylation is 2. The molecule has 2 aromatic heterocycles. The maximum Gasteiger partial charge on any atom is 0.355 e. The molecule has 0 atom stereocenters. The second-order valence-electron chi connectivity index (χ2n) is 4.31. The van der Waals surface area contributed by atoms with E-state index in [0.29, 0.717) is 28.4 Å². The first kappa shape index (κ1) is 15.0. The van der Waals surface area contributed by atoms with Gasteiger partial charge in [-0.1, -0.05) is 6.92 Å². The Labute approximate surface area is 125 Å². The maximum atomic E-state index is 12.2. The fraction of sp³-hybridized carbons (Fsp3) is 0.308. The Kier molecular flexibility index (Phi) is 4.59. The summed E-state index contributed by atoms with van der Waals surface area (Å²) < 4.78 is 0. The van der Waals surface area contributed by atoms with E-state index in [9.17, 15) is 9.59 Å². The van der Waals surface area contributed by atoms with Gasteiger partial charge >= 0.3 is 5.97 Å². The quantitative estimate of drug-likeness (QED) is 0.865. The molecule has 2 rings (SSSR count). The molecule has 7 nitrogen and oxygen atoms in total. The number of aromatic nitrogens is 3. The number of nitrogens with one attached hydrogen (secondary N) is 1. The smallest absolute Gasteiger partial charge is 0.355 e. The van der Waals surface area contributed by atoms with Crippen LogP contribution < -0.4 is 5.32 Å². The molecule has 0 aliphatic rings. The van der Waals surface area contributed by atoms with Crippen LogP contribution in [-0.4, -0.2) is 32.2 Å². The summed E-state index contributed by atoms with van der Waals surface area (Å²) in [5.41, 5.74) is 1.77. The van der Waals surface area contributed by atoms with Crippen molar-refractivity contribution in [2.24, 2.45) is 0 Å². The van der Waals surface area contributed by atoms with Crippen molar-refractivity contribution in [1.82, 2.24) is 20.5 Å². The molecule has 0 bridgehead atoms. The van der Waals surface area contributed by atoms with Gasteiger partial charge in [0.05, 0.1) is 23.5 Å². The van der Waals surface area contributed by atoms with Crippen molar-refractivity contribution < 1.29 is 14.7 Å². The van der Waals surface area contributed by atoms with Gasteiger partial charge in [0.25, 0.3) is 5.91 Å². The van der Waals surface area contributed by atoms with Gasteiger partial charge in [-0.2, -0.15) is 10.2 Å². The zero-order valence-electron chi connectivity index (χ0n) is 11.6. The summed E-state index contributed by atoms with van der Waals surface area (Å²) in [5, 5.41) is 21.4. The third-order valence-corrected chi connectivity index (χ3v) is 3.59. The van der Waals surface area contributed by atoms with Gasteiger partial charge in [0, 0.05) is 5.38 Å². The average molecular weight is 306 g/mol. The monoisotopic (exact) mass is 306 g/mol. The highest BCUT2D eigenvalue weighted by Gasteiger charge is 2.14. The summed E-state index contributed by atoms with van der Waals surface area (Å²) in [6.07, 6.45) is 0.608. The normalized spacial score (nSPS) is 10.4. The Morgan fingerprint density at radius 1 is 1.38 bits per heavy atom. The molecular formula is C13H14N4O3S. The van der Waals surface area contributed by atoms with Crippen molar-refractivity contribution in [1.29, 1.82) is 0 Å². The van der Waals surface area contributed by atoms with Crippen LogP contribution in [0.5, 0.6) is 0 Å². The van der Waals surface area contributed by atoms with Gasteiger partial charge < -0.3 is 10.4 Å². The van der Waals surface area contributed by atoms with E-state index < -0.39 is 5.97 Å². The fourth-order valence-electron chi connectivity index (χ4n) is 1.71. The van der Waals surface area contributed by atoms with Gasteiger partial charge in [-0.3, -0.25) is 4.79 Å². The highest BCUT2D eigenvalue weighted by molar-refractivity contribution is 7.09. The minimum Gasteiger partial charge on any atom is -0.476 e. The highest BCUT2D eigenvalue weighted by atomic mass is 32.1. The number of aromatic carboxylic acids is 1. The average Bonchev–Trinajstić information content (AvgIpc) is 2.94. The lowest BCUT2D eigenvalue weighted by Crippen LogP contribution is -2.25. The number of carbonyl (C=O) groups is 2. The number of nitrogens with zero attached hydrogens (tertiary/aromatic N) is 3. The van der Waals surface area contributed by atoms with Crippen molar-refractivity contribution in [2.45, 2.75) is 26.8 Å². The SMILES string of the molecule is CCc1nnc(C)cc1C(=O)NCc1nc(C(=O)O)cs1. The van der Waals surface area contributed by atoms with Gasteiger partial charge in [-0.15, -0.1) is 11.3 Å². The molecule has 21 heavy (non-hydrogen) atoms. The van der Waals surface area contributed by atoms with Crippen molar-refractivity contribution in [2.75, 3.05) is 0 Å². The highest BCUT2D eigenvalue weighted by Crippen LogP contribution is 2.11. The first-order chi connectivity index (χ1) is 10.0. The zero-order valence-corrected chi connectivity index (χ0v) is 12.4. The number of thiazole rings is 1. The van der Waals surface area contributed by atoms with Crippen LogP contribution >= 0.6 is 11.3 Å². The predicted octanol–water partition coefficient (Wildman–Crippen LogP) is 1.43. The predicted molar refractivity (Wildman–Crippen MR) is 76.4 cm³/mol. The molecule has 0 radical (unpaired) electrons. The molecule has 0 spiro atoms. The van der Waals surface area contributed by atoms with Gasteiger partial charge in [-0.25, -0.2) is 9.78 Å². The number of carboxylic acid groups (broad SMARTS) is 1. The second kappa shape index (κ2) is 6.40. The number of hydrogen-bond acceptors (Lipinski definition) is 6. The minimum atomic E-state index is -1.08. The number of rotatable bonds is 5. The van der Waals surface area contributed by atoms with Crippen LogP contribution in [0.3, 0.4) is 0 Å². The number of carbonyl (C=O) groups excluding carboxylic acids is 1. The molecule has 0 aromatic carbocycles. The summed E-state index contributed by atoms with van der Waals surface area (Å²) in [6, 6.07) is 1.69. The van der Waals surface area contributed by atoms with Crippen LogP contribution in [0.2, 0.25) is 0 Å². The van der Waals surface area contributed by atoms with Crippen molar-refractivity contribution >= 4 is 23.2 Å². The molecule has 2 heterocycles. The number of amides is 1. The molecule has 1 amide bonds. The van der Waals surface area contributed by atoms with Crippen LogP contribution in [-0.2, 0) is 13.0 Å². The lowest BCUT2D eigenvalue weighted by Gasteiger charge is -2.07. The summed E-state index contributed by atoms with van der Waals surface area (Å²) in [5.74, 6) is -1.34. The van der Waals surface area contributed by atoms with E-state index in [1.807, 2.05) is 6.92 Å². The molecule has 0 saturated heterocycles. The van der Waals surface area contributed by atoms with E-state index in [-0.39, 0.29) is 18.1 Å². The van der Waals surface area contributed by atoms with Gasteiger partial charge in [0.2, 0.25) is 0 Å². The molecule has 2 aromatic rings. The van der Waals surface area contributed by atoms with E-state index in [2.05, 4.69) is 20.5 Å². The molecule has 0 unspecified atom stereocenters. The molecule has 0 fully saturated rings. The van der Waals surface area contributed by atoms with Gasteiger partial charge in [0.1, 0.15) is 5.01 Å². The van der Waals surface area contributed by atoms with E-state index in [1.165, 1.54) is 16.7 Å². The number of carboxylic acids is 1. The maximum absolute atomic E-state index is 12.2. The Morgan fingerprint density at radius 2 is 2.14 bits per heavy atom. The van der Waals surface area contributed by atoms with E-state index >= 15 is 0 Å².